The Morgan fingerprint density at radius 1 is 1.14 bits per heavy atom. The average Bonchev–Trinajstić information content (AvgIpc) is 2.70. The zero-order valence-corrected chi connectivity index (χ0v) is 13.6. The highest BCUT2D eigenvalue weighted by atomic mass is 32.2. The largest absolute Gasteiger partial charge is 0.365 e. The number of nitrogens with zero attached hydrogens (tertiary/aromatic N) is 1. The van der Waals surface area contributed by atoms with E-state index in [1.807, 2.05) is 12.1 Å². The summed E-state index contributed by atoms with van der Waals surface area (Å²) in [4.78, 5) is 2.92. The molecule has 1 N–H and O–H groups in total. The van der Waals surface area contributed by atoms with Crippen LogP contribution in [-0.4, -0.2) is 39.3 Å². The molecular weight excluding hydrogens is 284 g/mol. The molecule has 0 amide bonds. The van der Waals surface area contributed by atoms with Gasteiger partial charge in [0, 0.05) is 30.1 Å². The summed E-state index contributed by atoms with van der Waals surface area (Å²) in [5.74, 6) is 0. The van der Waals surface area contributed by atoms with Gasteiger partial charge in [0.05, 0.1) is 4.90 Å². The fraction of sp³-hybridized carbons (Fsp3) is 0.625. The predicted octanol–water partition coefficient (Wildman–Crippen LogP) is 2.20. The van der Waals surface area contributed by atoms with Crippen molar-refractivity contribution in [2.24, 2.45) is 0 Å². The Bertz CT molecular complexity index is 583. The van der Waals surface area contributed by atoms with Crippen molar-refractivity contribution in [3.8, 4) is 0 Å². The maximum atomic E-state index is 11.6. The second kappa shape index (κ2) is 5.61. The summed E-state index contributed by atoms with van der Waals surface area (Å²) in [7, 11) is -3.11. The van der Waals surface area contributed by atoms with Gasteiger partial charge in [-0.15, -0.1) is 0 Å². The molecule has 2 unspecified atom stereocenters. The number of benzene rings is 1. The molecule has 2 heterocycles. The minimum atomic E-state index is -3.11. The number of piperidine rings is 1. The van der Waals surface area contributed by atoms with Gasteiger partial charge in [-0.2, -0.15) is 0 Å². The number of anilines is 1. The number of hydrogen-bond donors (Lipinski definition) is 1. The van der Waals surface area contributed by atoms with E-state index in [2.05, 4.69) is 17.1 Å². The molecular formula is C16H24N2O2S. The summed E-state index contributed by atoms with van der Waals surface area (Å²) in [5.41, 5.74) is 1.17. The molecule has 1 aromatic carbocycles. The Balaban J connectivity index is 1.79. The van der Waals surface area contributed by atoms with E-state index < -0.39 is 9.84 Å². The van der Waals surface area contributed by atoms with Crippen molar-refractivity contribution >= 4 is 15.5 Å². The van der Waals surface area contributed by atoms with Gasteiger partial charge in [0.25, 0.3) is 0 Å². The Kier molecular flexibility index (Phi) is 3.97. The van der Waals surface area contributed by atoms with Crippen molar-refractivity contribution in [2.75, 3.05) is 17.7 Å². The van der Waals surface area contributed by atoms with Crippen LogP contribution in [0.25, 0.3) is 0 Å². The van der Waals surface area contributed by atoms with E-state index in [1.165, 1.54) is 37.6 Å². The minimum absolute atomic E-state index is 0.404. The maximum Gasteiger partial charge on any atom is 0.175 e. The van der Waals surface area contributed by atoms with Crippen LogP contribution < -0.4 is 10.2 Å². The smallest absolute Gasteiger partial charge is 0.175 e. The molecule has 21 heavy (non-hydrogen) atoms. The quantitative estimate of drug-likeness (QED) is 0.926. The molecule has 2 aliphatic heterocycles. The van der Waals surface area contributed by atoms with Crippen LogP contribution in [0.4, 0.5) is 5.69 Å². The topological polar surface area (TPSA) is 49.4 Å². The van der Waals surface area contributed by atoms with Gasteiger partial charge in [0.15, 0.2) is 9.84 Å². The predicted molar refractivity (Wildman–Crippen MR) is 85.5 cm³/mol. The van der Waals surface area contributed by atoms with E-state index in [4.69, 9.17) is 0 Å². The van der Waals surface area contributed by atoms with Crippen molar-refractivity contribution in [3.63, 3.8) is 0 Å². The van der Waals surface area contributed by atoms with E-state index in [0.717, 1.165) is 6.54 Å². The number of nitrogens with one attached hydrogen (secondary N) is 1. The summed E-state index contributed by atoms with van der Waals surface area (Å²) < 4.78 is 23.1. The summed E-state index contributed by atoms with van der Waals surface area (Å²) in [6.45, 7) is 3.20. The van der Waals surface area contributed by atoms with E-state index in [1.54, 1.807) is 12.1 Å². The van der Waals surface area contributed by atoms with Gasteiger partial charge in [-0.3, -0.25) is 0 Å². The van der Waals surface area contributed by atoms with Crippen LogP contribution in [-0.2, 0) is 9.84 Å². The summed E-state index contributed by atoms with van der Waals surface area (Å²) in [6.07, 6.45) is 6.14. The molecule has 4 nitrogen and oxygen atoms in total. The van der Waals surface area contributed by atoms with E-state index in [-0.39, 0.29) is 0 Å². The van der Waals surface area contributed by atoms with Crippen LogP contribution in [0, 0.1) is 0 Å². The van der Waals surface area contributed by atoms with E-state index in [0.29, 0.717) is 23.0 Å². The van der Waals surface area contributed by atoms with Crippen LogP contribution in [0.1, 0.15) is 32.6 Å². The monoisotopic (exact) mass is 308 g/mol. The van der Waals surface area contributed by atoms with E-state index in [9.17, 15) is 8.42 Å². The van der Waals surface area contributed by atoms with Crippen LogP contribution in [0.3, 0.4) is 0 Å². The molecule has 5 heteroatoms. The van der Waals surface area contributed by atoms with Crippen LogP contribution in [0.2, 0.25) is 0 Å². The van der Waals surface area contributed by atoms with Gasteiger partial charge in [-0.1, -0.05) is 6.92 Å². The molecule has 0 aromatic heterocycles. The molecule has 1 aromatic rings. The Morgan fingerprint density at radius 2 is 1.71 bits per heavy atom. The number of fused-ring (bicyclic) bond motifs is 2. The highest BCUT2D eigenvalue weighted by Crippen LogP contribution is 2.39. The maximum absolute atomic E-state index is 11.6. The molecule has 0 saturated carbocycles. The first-order valence-corrected chi connectivity index (χ1v) is 9.70. The van der Waals surface area contributed by atoms with Gasteiger partial charge in [-0.25, -0.2) is 8.42 Å². The Labute approximate surface area is 127 Å². The summed E-state index contributed by atoms with van der Waals surface area (Å²) in [5, 5.41) is 3.58. The normalized spacial score (nSPS) is 28.9. The molecule has 2 atom stereocenters. The molecule has 116 valence electrons. The molecule has 0 radical (unpaired) electrons. The first kappa shape index (κ1) is 14.9. The SMILES string of the molecule is CCNC1CC2CCC(C1)N2c1ccc(S(C)(=O)=O)cc1. The first-order valence-electron chi connectivity index (χ1n) is 7.81. The second-order valence-corrected chi connectivity index (χ2v) is 8.30. The molecule has 3 rings (SSSR count). The van der Waals surface area contributed by atoms with Crippen molar-refractivity contribution in [1.82, 2.24) is 5.32 Å². The number of rotatable bonds is 4. The highest BCUT2D eigenvalue weighted by Gasteiger charge is 2.40. The lowest BCUT2D eigenvalue weighted by Gasteiger charge is -2.41. The number of sulfone groups is 1. The third-order valence-corrected chi connectivity index (χ3v) is 5.92. The van der Waals surface area contributed by atoms with Crippen molar-refractivity contribution in [3.05, 3.63) is 24.3 Å². The van der Waals surface area contributed by atoms with Gasteiger partial charge >= 0.3 is 0 Å². The summed E-state index contributed by atoms with van der Waals surface area (Å²) in [6, 6.07) is 9.23. The van der Waals surface area contributed by atoms with E-state index >= 15 is 0 Å². The van der Waals surface area contributed by atoms with Crippen molar-refractivity contribution in [2.45, 2.75) is 55.6 Å². The second-order valence-electron chi connectivity index (χ2n) is 6.28. The zero-order valence-electron chi connectivity index (χ0n) is 12.7. The highest BCUT2D eigenvalue weighted by molar-refractivity contribution is 7.90. The average molecular weight is 308 g/mol. The molecule has 2 bridgehead atoms. The van der Waals surface area contributed by atoms with Gasteiger partial charge < -0.3 is 10.2 Å². The molecule has 2 saturated heterocycles. The van der Waals surface area contributed by atoms with Crippen LogP contribution in [0.15, 0.2) is 29.2 Å². The summed E-state index contributed by atoms with van der Waals surface area (Å²) >= 11 is 0. The number of hydrogen-bond acceptors (Lipinski definition) is 4. The molecule has 0 spiro atoms. The first-order chi connectivity index (χ1) is 9.99. The Morgan fingerprint density at radius 3 is 2.19 bits per heavy atom. The fourth-order valence-corrected chi connectivity index (χ4v) is 4.55. The zero-order chi connectivity index (χ0) is 15.0. The van der Waals surface area contributed by atoms with Crippen LogP contribution in [0.5, 0.6) is 0 Å². The minimum Gasteiger partial charge on any atom is -0.365 e. The standard InChI is InChI=1S/C16H24N2O2S/c1-3-17-12-10-14-4-5-15(11-12)18(14)13-6-8-16(9-7-13)21(2,19)20/h6-9,12,14-15,17H,3-5,10-11H2,1-2H3. The fourth-order valence-electron chi connectivity index (χ4n) is 3.92. The third-order valence-electron chi connectivity index (χ3n) is 4.79. The van der Waals surface area contributed by atoms with Crippen LogP contribution >= 0.6 is 0 Å². The lowest BCUT2D eigenvalue weighted by Crippen LogP contribution is -2.49. The van der Waals surface area contributed by atoms with Crippen molar-refractivity contribution < 1.29 is 8.42 Å². The van der Waals surface area contributed by atoms with Gasteiger partial charge in [0.2, 0.25) is 0 Å². The Hall–Kier alpha value is -1.07. The van der Waals surface area contributed by atoms with Crippen molar-refractivity contribution in [1.29, 1.82) is 0 Å². The molecule has 2 aliphatic rings. The lowest BCUT2D eigenvalue weighted by molar-refractivity contribution is 0.361. The molecule has 0 aliphatic carbocycles. The lowest BCUT2D eigenvalue weighted by atomic mass is 9.96. The third kappa shape index (κ3) is 2.94. The van der Waals surface area contributed by atoms with Gasteiger partial charge in [0.1, 0.15) is 0 Å². The molecule has 2 fully saturated rings. The van der Waals surface area contributed by atoms with Gasteiger partial charge in [-0.05, 0) is 56.5 Å².